The van der Waals surface area contributed by atoms with E-state index in [4.69, 9.17) is 4.74 Å². The maximum Gasteiger partial charge on any atom is 0.252 e. The standard InChI is InChI=1S/C19H21N5O2S/c1-26-13-7-12-20-19(25)16-10-5-6-11-17(16)27-14-18-21-22-23-24(18)15-8-3-2-4-9-15/h2-6,8-11H,7,12-14H2,1H3,(H,20,25). The Labute approximate surface area is 162 Å². The lowest BCUT2D eigenvalue weighted by molar-refractivity contribution is 0.0945. The number of hydrogen-bond donors (Lipinski definition) is 1. The van der Waals surface area contributed by atoms with Crippen molar-refractivity contribution < 1.29 is 9.53 Å². The highest BCUT2D eigenvalue weighted by atomic mass is 32.2. The number of carbonyl (C=O) groups excluding carboxylic acids is 1. The van der Waals surface area contributed by atoms with Crippen LogP contribution in [0.25, 0.3) is 5.69 Å². The molecular weight excluding hydrogens is 362 g/mol. The molecule has 0 unspecified atom stereocenters. The third-order valence-electron chi connectivity index (χ3n) is 3.83. The molecule has 7 nitrogen and oxygen atoms in total. The minimum atomic E-state index is -0.0862. The summed E-state index contributed by atoms with van der Waals surface area (Å²) < 4.78 is 6.71. The molecule has 0 radical (unpaired) electrons. The highest BCUT2D eigenvalue weighted by molar-refractivity contribution is 7.98. The molecule has 8 heteroatoms. The minimum Gasteiger partial charge on any atom is -0.385 e. The molecular formula is C19H21N5O2S. The first-order chi connectivity index (χ1) is 13.3. The summed E-state index contributed by atoms with van der Waals surface area (Å²) in [6.45, 7) is 1.21. The summed E-state index contributed by atoms with van der Waals surface area (Å²) in [5, 5.41) is 14.9. The van der Waals surface area contributed by atoms with Gasteiger partial charge in [0.05, 0.1) is 17.0 Å². The number of amides is 1. The normalized spacial score (nSPS) is 10.7. The summed E-state index contributed by atoms with van der Waals surface area (Å²) in [6.07, 6.45) is 0.781. The summed E-state index contributed by atoms with van der Waals surface area (Å²) in [5.74, 6) is 1.19. The molecule has 3 rings (SSSR count). The van der Waals surface area contributed by atoms with E-state index in [0.717, 1.165) is 22.8 Å². The maximum atomic E-state index is 12.5. The van der Waals surface area contributed by atoms with Crippen molar-refractivity contribution in [3.63, 3.8) is 0 Å². The molecule has 3 aromatic rings. The molecule has 1 amide bonds. The number of hydrogen-bond acceptors (Lipinski definition) is 6. The van der Waals surface area contributed by atoms with Crippen LogP contribution in [0, 0.1) is 0 Å². The molecule has 27 heavy (non-hydrogen) atoms. The summed E-state index contributed by atoms with van der Waals surface area (Å²) in [5.41, 5.74) is 1.56. The average molecular weight is 383 g/mol. The Kier molecular flexibility index (Phi) is 6.95. The van der Waals surface area contributed by atoms with Crippen LogP contribution in [0.4, 0.5) is 0 Å². The van der Waals surface area contributed by atoms with Gasteiger partial charge in [0.25, 0.3) is 5.91 Å². The first-order valence-corrected chi connectivity index (χ1v) is 9.60. The molecule has 0 bridgehead atoms. The van der Waals surface area contributed by atoms with Crippen LogP contribution in [-0.2, 0) is 10.5 Å². The first-order valence-electron chi connectivity index (χ1n) is 8.61. The van der Waals surface area contributed by atoms with Gasteiger partial charge in [-0.15, -0.1) is 16.9 Å². The van der Waals surface area contributed by atoms with Gasteiger partial charge in [-0.1, -0.05) is 30.3 Å². The fourth-order valence-electron chi connectivity index (χ4n) is 2.50. The van der Waals surface area contributed by atoms with Crippen molar-refractivity contribution in [1.29, 1.82) is 0 Å². The zero-order valence-electron chi connectivity index (χ0n) is 15.0. The second kappa shape index (κ2) is 9.84. The van der Waals surface area contributed by atoms with E-state index in [2.05, 4.69) is 20.8 Å². The van der Waals surface area contributed by atoms with E-state index in [1.54, 1.807) is 11.8 Å². The first kappa shape index (κ1) is 19.1. The smallest absolute Gasteiger partial charge is 0.252 e. The molecule has 1 aromatic heterocycles. The van der Waals surface area contributed by atoms with Crippen molar-refractivity contribution in [3.05, 3.63) is 66.0 Å². The Morgan fingerprint density at radius 2 is 1.93 bits per heavy atom. The monoisotopic (exact) mass is 383 g/mol. The number of nitrogens with zero attached hydrogens (tertiary/aromatic N) is 4. The van der Waals surface area contributed by atoms with Crippen LogP contribution in [0.1, 0.15) is 22.6 Å². The van der Waals surface area contributed by atoms with E-state index in [1.807, 2.05) is 54.6 Å². The van der Waals surface area contributed by atoms with Crippen LogP contribution in [-0.4, -0.2) is 46.4 Å². The van der Waals surface area contributed by atoms with Crippen LogP contribution < -0.4 is 5.32 Å². The number of thioether (sulfide) groups is 1. The van der Waals surface area contributed by atoms with Crippen molar-refractivity contribution in [3.8, 4) is 5.69 Å². The summed E-state index contributed by atoms with van der Waals surface area (Å²) in [7, 11) is 1.65. The SMILES string of the molecule is COCCCNC(=O)c1ccccc1SCc1nnnn1-c1ccccc1. The predicted octanol–water partition coefficient (Wildman–Crippen LogP) is 2.72. The largest absolute Gasteiger partial charge is 0.385 e. The minimum absolute atomic E-state index is 0.0862. The van der Waals surface area contributed by atoms with E-state index in [9.17, 15) is 4.79 Å². The number of aromatic nitrogens is 4. The number of rotatable bonds is 9. The number of methoxy groups -OCH3 is 1. The van der Waals surface area contributed by atoms with Crippen LogP contribution in [0.15, 0.2) is 59.5 Å². The van der Waals surface area contributed by atoms with Gasteiger partial charge in [-0.05, 0) is 41.1 Å². The van der Waals surface area contributed by atoms with Crippen LogP contribution >= 0.6 is 11.8 Å². The molecule has 0 saturated heterocycles. The molecule has 1 heterocycles. The van der Waals surface area contributed by atoms with E-state index >= 15 is 0 Å². The van der Waals surface area contributed by atoms with Crippen molar-refractivity contribution in [2.75, 3.05) is 20.3 Å². The predicted molar refractivity (Wildman–Crippen MR) is 104 cm³/mol. The zero-order chi connectivity index (χ0) is 18.9. The Hall–Kier alpha value is -2.71. The van der Waals surface area contributed by atoms with Gasteiger partial charge in [-0.2, -0.15) is 4.68 Å². The topological polar surface area (TPSA) is 81.9 Å². The van der Waals surface area contributed by atoms with E-state index < -0.39 is 0 Å². The van der Waals surface area contributed by atoms with Gasteiger partial charge in [0, 0.05) is 25.2 Å². The van der Waals surface area contributed by atoms with Gasteiger partial charge in [-0.25, -0.2) is 0 Å². The molecule has 0 aliphatic rings. The molecule has 0 saturated carbocycles. The highest BCUT2D eigenvalue weighted by Crippen LogP contribution is 2.26. The lowest BCUT2D eigenvalue weighted by Crippen LogP contribution is -2.25. The fraction of sp³-hybridized carbons (Fsp3) is 0.263. The van der Waals surface area contributed by atoms with Crippen molar-refractivity contribution >= 4 is 17.7 Å². The Bertz CT molecular complexity index is 869. The molecule has 0 aliphatic heterocycles. The fourth-order valence-corrected chi connectivity index (χ4v) is 3.46. The van der Waals surface area contributed by atoms with Crippen molar-refractivity contribution in [1.82, 2.24) is 25.5 Å². The molecule has 0 aliphatic carbocycles. The van der Waals surface area contributed by atoms with E-state index in [1.165, 1.54) is 11.8 Å². The number of ether oxygens (including phenoxy) is 1. The Morgan fingerprint density at radius 1 is 1.15 bits per heavy atom. The summed E-state index contributed by atoms with van der Waals surface area (Å²) in [4.78, 5) is 13.4. The van der Waals surface area contributed by atoms with Crippen molar-refractivity contribution in [2.24, 2.45) is 0 Å². The molecule has 2 aromatic carbocycles. The average Bonchev–Trinajstić information content (AvgIpc) is 3.19. The lowest BCUT2D eigenvalue weighted by Gasteiger charge is -2.10. The third-order valence-corrected chi connectivity index (χ3v) is 4.90. The van der Waals surface area contributed by atoms with Gasteiger partial charge in [0.2, 0.25) is 0 Å². The van der Waals surface area contributed by atoms with Gasteiger partial charge < -0.3 is 10.1 Å². The number of carbonyl (C=O) groups is 1. The Balaban J connectivity index is 1.67. The number of benzene rings is 2. The van der Waals surface area contributed by atoms with Gasteiger partial charge in [-0.3, -0.25) is 4.79 Å². The van der Waals surface area contributed by atoms with Crippen LogP contribution in [0.3, 0.4) is 0 Å². The molecule has 140 valence electrons. The summed E-state index contributed by atoms with van der Waals surface area (Å²) in [6, 6.07) is 17.3. The second-order valence-electron chi connectivity index (χ2n) is 5.73. The van der Waals surface area contributed by atoms with Crippen LogP contribution in [0.5, 0.6) is 0 Å². The molecule has 0 fully saturated rings. The van der Waals surface area contributed by atoms with Crippen molar-refractivity contribution in [2.45, 2.75) is 17.1 Å². The highest BCUT2D eigenvalue weighted by Gasteiger charge is 2.13. The quantitative estimate of drug-likeness (QED) is 0.452. The van der Waals surface area contributed by atoms with Gasteiger partial charge >= 0.3 is 0 Å². The zero-order valence-corrected chi connectivity index (χ0v) is 15.9. The lowest BCUT2D eigenvalue weighted by atomic mass is 10.2. The number of nitrogens with one attached hydrogen (secondary N) is 1. The molecule has 0 spiro atoms. The number of para-hydroxylation sites is 1. The van der Waals surface area contributed by atoms with Gasteiger partial charge in [0.1, 0.15) is 0 Å². The molecule has 1 N–H and O–H groups in total. The van der Waals surface area contributed by atoms with E-state index in [-0.39, 0.29) is 5.91 Å². The number of tetrazole rings is 1. The Morgan fingerprint density at radius 3 is 2.74 bits per heavy atom. The maximum absolute atomic E-state index is 12.5. The van der Waals surface area contributed by atoms with Crippen LogP contribution in [0.2, 0.25) is 0 Å². The summed E-state index contributed by atoms with van der Waals surface area (Å²) >= 11 is 1.54. The van der Waals surface area contributed by atoms with Gasteiger partial charge in [0.15, 0.2) is 5.82 Å². The molecule has 0 atom stereocenters. The third kappa shape index (κ3) is 5.15. The second-order valence-corrected chi connectivity index (χ2v) is 6.75. The van der Waals surface area contributed by atoms with E-state index in [0.29, 0.717) is 24.5 Å².